The minimum absolute atomic E-state index is 0.309. The van der Waals surface area contributed by atoms with Gasteiger partial charge in [0.1, 0.15) is 0 Å². The fraction of sp³-hybridized carbons (Fsp3) is 1.00. The van der Waals surface area contributed by atoms with E-state index in [-0.39, 0.29) is 0 Å². The third kappa shape index (κ3) is 5.50. The molecule has 0 N–H and O–H groups in total. The van der Waals surface area contributed by atoms with Gasteiger partial charge in [-0.3, -0.25) is 0 Å². The predicted molar refractivity (Wildman–Crippen MR) is 65.5 cm³/mol. The van der Waals surface area contributed by atoms with E-state index in [9.17, 15) is 0 Å². The highest BCUT2D eigenvalue weighted by Gasteiger charge is 2.15. The second-order valence-corrected chi connectivity index (χ2v) is 9.41. The molecule has 0 atom stereocenters. The van der Waals surface area contributed by atoms with Crippen molar-refractivity contribution >= 4 is 15.8 Å². The van der Waals surface area contributed by atoms with Crippen molar-refractivity contribution in [3.05, 3.63) is 0 Å². The standard InChI is InChI=1S/C10H24P2/c1-6-7-8-9-10(11(2)3)12(4)5/h10H,6-9H2,1-5H3. The van der Waals surface area contributed by atoms with Crippen LogP contribution in [0, 0.1) is 0 Å². The SMILES string of the molecule is CCCCCC(P(C)C)P(C)C. The van der Waals surface area contributed by atoms with Crippen molar-refractivity contribution in [1.82, 2.24) is 0 Å². The summed E-state index contributed by atoms with van der Waals surface area (Å²) in [5.41, 5.74) is 0. The van der Waals surface area contributed by atoms with Gasteiger partial charge in [0.2, 0.25) is 0 Å². The van der Waals surface area contributed by atoms with Crippen molar-refractivity contribution in [2.45, 2.75) is 38.0 Å². The Bertz CT molecular complexity index is 92.0. The molecule has 0 aromatic carbocycles. The quantitative estimate of drug-likeness (QED) is 0.447. The van der Waals surface area contributed by atoms with E-state index in [0.29, 0.717) is 15.8 Å². The van der Waals surface area contributed by atoms with Crippen LogP contribution in [0.4, 0.5) is 0 Å². The average molecular weight is 206 g/mol. The summed E-state index contributed by atoms with van der Waals surface area (Å²) in [6, 6.07) is 0. The van der Waals surface area contributed by atoms with E-state index in [1.807, 2.05) is 0 Å². The Kier molecular flexibility index (Phi) is 7.80. The molecule has 0 amide bonds. The molecule has 0 heterocycles. The molecule has 0 aromatic rings. The summed E-state index contributed by atoms with van der Waals surface area (Å²) >= 11 is 0. The van der Waals surface area contributed by atoms with Gasteiger partial charge in [-0.2, -0.15) is 0 Å². The van der Waals surface area contributed by atoms with Gasteiger partial charge in [0.25, 0.3) is 0 Å². The van der Waals surface area contributed by atoms with Crippen molar-refractivity contribution in [2.75, 3.05) is 26.7 Å². The zero-order valence-electron chi connectivity index (χ0n) is 9.30. The van der Waals surface area contributed by atoms with E-state index in [2.05, 4.69) is 33.6 Å². The largest absolute Gasteiger partial charge is 0.106 e. The summed E-state index contributed by atoms with van der Waals surface area (Å²) in [5.74, 6) is 0. The molecule has 0 aromatic heterocycles. The van der Waals surface area contributed by atoms with Crippen LogP contribution in [0.5, 0.6) is 0 Å². The zero-order valence-corrected chi connectivity index (χ0v) is 11.1. The van der Waals surface area contributed by atoms with Gasteiger partial charge in [-0.15, -0.1) is 15.8 Å². The Morgan fingerprint density at radius 1 is 0.917 bits per heavy atom. The molecule has 0 saturated heterocycles. The van der Waals surface area contributed by atoms with E-state index in [4.69, 9.17) is 0 Å². The van der Waals surface area contributed by atoms with Crippen LogP contribution in [0.1, 0.15) is 32.6 Å². The summed E-state index contributed by atoms with van der Waals surface area (Å²) in [5, 5.41) is 1.07. The van der Waals surface area contributed by atoms with Gasteiger partial charge >= 0.3 is 0 Å². The summed E-state index contributed by atoms with van der Waals surface area (Å²) < 4.78 is 0. The van der Waals surface area contributed by atoms with E-state index < -0.39 is 0 Å². The average Bonchev–Trinajstić information content (AvgIpc) is 1.96. The normalized spacial score (nSPS) is 12.0. The first-order valence-electron chi connectivity index (χ1n) is 4.92. The summed E-state index contributed by atoms with van der Waals surface area (Å²) in [4.78, 5) is 0. The highest BCUT2D eigenvalue weighted by Crippen LogP contribution is 2.52. The van der Waals surface area contributed by atoms with E-state index in [1.165, 1.54) is 25.7 Å². The van der Waals surface area contributed by atoms with Crippen molar-refractivity contribution in [3.8, 4) is 0 Å². The first kappa shape index (κ1) is 12.9. The van der Waals surface area contributed by atoms with Crippen LogP contribution >= 0.6 is 15.8 Å². The van der Waals surface area contributed by atoms with Crippen molar-refractivity contribution in [1.29, 1.82) is 0 Å². The molecule has 0 nitrogen and oxygen atoms in total. The predicted octanol–water partition coefficient (Wildman–Crippen LogP) is 4.38. The third-order valence-electron chi connectivity index (χ3n) is 2.26. The molecule has 12 heavy (non-hydrogen) atoms. The fourth-order valence-electron chi connectivity index (χ4n) is 1.56. The maximum atomic E-state index is 2.44. The van der Waals surface area contributed by atoms with Gasteiger partial charge in [0, 0.05) is 0 Å². The zero-order chi connectivity index (χ0) is 9.56. The van der Waals surface area contributed by atoms with Gasteiger partial charge in [0.05, 0.1) is 0 Å². The van der Waals surface area contributed by atoms with Crippen molar-refractivity contribution in [2.24, 2.45) is 0 Å². The lowest BCUT2D eigenvalue weighted by Gasteiger charge is -2.25. The van der Waals surface area contributed by atoms with Crippen molar-refractivity contribution < 1.29 is 0 Å². The summed E-state index contributed by atoms with van der Waals surface area (Å²) in [7, 11) is 0.618. The number of unbranched alkanes of at least 4 members (excludes halogenated alkanes) is 2. The molecule has 0 rings (SSSR count). The van der Waals surface area contributed by atoms with Gasteiger partial charge < -0.3 is 0 Å². The van der Waals surface area contributed by atoms with E-state index in [0.717, 1.165) is 5.40 Å². The topological polar surface area (TPSA) is 0 Å². The number of hydrogen-bond donors (Lipinski definition) is 0. The van der Waals surface area contributed by atoms with Crippen molar-refractivity contribution in [3.63, 3.8) is 0 Å². The fourth-order valence-corrected chi connectivity index (χ4v) is 6.65. The van der Waals surface area contributed by atoms with Crippen LogP contribution in [0.25, 0.3) is 0 Å². The van der Waals surface area contributed by atoms with Gasteiger partial charge in [0.15, 0.2) is 0 Å². The Hall–Kier alpha value is 0.860. The second kappa shape index (κ2) is 7.28. The van der Waals surface area contributed by atoms with Crippen LogP contribution in [0.2, 0.25) is 0 Å². The minimum Gasteiger partial charge on any atom is -0.106 e. The Morgan fingerprint density at radius 2 is 1.42 bits per heavy atom. The molecule has 0 aliphatic heterocycles. The molecule has 0 aliphatic rings. The Morgan fingerprint density at radius 3 is 1.75 bits per heavy atom. The highest BCUT2D eigenvalue weighted by atomic mass is 31.2. The Labute approximate surface area is 81.0 Å². The minimum atomic E-state index is 0.309. The molecule has 0 unspecified atom stereocenters. The van der Waals surface area contributed by atoms with E-state index >= 15 is 0 Å². The maximum absolute atomic E-state index is 2.44. The molecule has 0 spiro atoms. The molecular weight excluding hydrogens is 182 g/mol. The molecule has 0 fully saturated rings. The van der Waals surface area contributed by atoms with Crippen LogP contribution in [0.3, 0.4) is 0 Å². The maximum Gasteiger partial charge on any atom is -0.00157 e. The third-order valence-corrected chi connectivity index (χ3v) is 7.93. The molecule has 0 bridgehead atoms. The lowest BCUT2D eigenvalue weighted by molar-refractivity contribution is 0.693. The summed E-state index contributed by atoms with van der Waals surface area (Å²) in [6.45, 7) is 12.0. The lowest BCUT2D eigenvalue weighted by atomic mass is 10.2. The first-order chi connectivity index (χ1) is 5.59. The molecule has 0 aliphatic carbocycles. The van der Waals surface area contributed by atoms with E-state index in [1.54, 1.807) is 0 Å². The number of hydrogen-bond acceptors (Lipinski definition) is 0. The van der Waals surface area contributed by atoms with Crippen LogP contribution in [-0.4, -0.2) is 32.1 Å². The second-order valence-electron chi connectivity index (χ2n) is 3.90. The molecular formula is C10H24P2. The first-order valence-corrected chi connectivity index (χ1v) is 9.53. The van der Waals surface area contributed by atoms with Gasteiger partial charge in [-0.1, -0.05) is 26.2 Å². The molecule has 0 radical (unpaired) electrons. The molecule has 74 valence electrons. The highest BCUT2D eigenvalue weighted by molar-refractivity contribution is 7.74. The summed E-state index contributed by atoms with van der Waals surface area (Å²) in [6.07, 6.45) is 5.75. The van der Waals surface area contributed by atoms with Gasteiger partial charge in [-0.05, 0) is 38.5 Å². The molecule has 0 saturated carbocycles. The Balaban J connectivity index is 3.64. The monoisotopic (exact) mass is 206 g/mol. The van der Waals surface area contributed by atoms with Crippen LogP contribution in [-0.2, 0) is 0 Å². The van der Waals surface area contributed by atoms with Gasteiger partial charge in [-0.25, -0.2) is 0 Å². The number of rotatable bonds is 6. The van der Waals surface area contributed by atoms with Crippen LogP contribution in [0.15, 0.2) is 0 Å². The van der Waals surface area contributed by atoms with Crippen LogP contribution < -0.4 is 0 Å². The smallest absolute Gasteiger partial charge is 0.00157 e. The lowest BCUT2D eigenvalue weighted by Crippen LogP contribution is -2.01. The molecule has 2 heteroatoms.